The van der Waals surface area contributed by atoms with Crippen molar-refractivity contribution in [1.29, 1.82) is 0 Å². The lowest BCUT2D eigenvalue weighted by Crippen LogP contribution is -2.36. The van der Waals surface area contributed by atoms with Gasteiger partial charge in [-0.2, -0.15) is 0 Å². The van der Waals surface area contributed by atoms with Gasteiger partial charge in [-0.15, -0.1) is 0 Å². The van der Waals surface area contributed by atoms with Crippen molar-refractivity contribution in [1.82, 2.24) is 15.0 Å². The van der Waals surface area contributed by atoms with Crippen LogP contribution in [-0.4, -0.2) is 25.9 Å². The number of hydrogen-bond acceptors (Lipinski definition) is 4. The third-order valence-electron chi connectivity index (χ3n) is 2.97. The number of nitrogens with zero attached hydrogens (tertiary/aromatic N) is 1. The van der Waals surface area contributed by atoms with Crippen LogP contribution in [0.1, 0.15) is 11.1 Å². The highest BCUT2D eigenvalue weighted by molar-refractivity contribution is 7.89. The summed E-state index contributed by atoms with van der Waals surface area (Å²) < 4.78 is 26.3. The van der Waals surface area contributed by atoms with Gasteiger partial charge in [-0.05, 0) is 30.7 Å². The molecule has 6 nitrogen and oxygen atoms in total. The highest BCUT2D eigenvalue weighted by Gasteiger charge is 2.14. The molecular weight excluding hydrogens is 302 g/mol. The fourth-order valence-corrected chi connectivity index (χ4v) is 2.71. The Bertz CT molecular complexity index is 728. The summed E-state index contributed by atoms with van der Waals surface area (Å²) in [4.78, 5) is 15.8. The predicted molar refractivity (Wildman–Crippen MR) is 82.5 cm³/mol. The number of sulfonamides is 1. The second-order valence-electron chi connectivity index (χ2n) is 4.78. The topological polar surface area (TPSA) is 88.2 Å². The van der Waals surface area contributed by atoms with E-state index in [-0.39, 0.29) is 11.4 Å². The molecule has 0 fully saturated rings. The van der Waals surface area contributed by atoms with Crippen LogP contribution in [0.15, 0.2) is 53.7 Å². The largest absolute Gasteiger partial charge is 0.351 e. The Labute approximate surface area is 129 Å². The van der Waals surface area contributed by atoms with Crippen LogP contribution in [-0.2, 0) is 21.4 Å². The third kappa shape index (κ3) is 4.64. The van der Waals surface area contributed by atoms with Gasteiger partial charge in [0.05, 0.1) is 11.4 Å². The Balaban J connectivity index is 1.86. The maximum Gasteiger partial charge on any atom is 0.241 e. The zero-order chi connectivity index (χ0) is 16.0. The van der Waals surface area contributed by atoms with Crippen molar-refractivity contribution in [3.63, 3.8) is 0 Å². The van der Waals surface area contributed by atoms with E-state index in [1.54, 1.807) is 30.6 Å². The fourth-order valence-electron chi connectivity index (χ4n) is 1.73. The summed E-state index contributed by atoms with van der Waals surface area (Å²) in [6.07, 6.45) is 3.28. The minimum Gasteiger partial charge on any atom is -0.351 e. The maximum atomic E-state index is 12.0. The number of pyridine rings is 1. The number of benzene rings is 1. The Kier molecular flexibility index (Phi) is 5.24. The Morgan fingerprint density at radius 2 is 1.91 bits per heavy atom. The average molecular weight is 319 g/mol. The summed E-state index contributed by atoms with van der Waals surface area (Å²) in [6, 6.07) is 10.0. The van der Waals surface area contributed by atoms with Gasteiger partial charge in [-0.25, -0.2) is 13.1 Å². The molecule has 0 atom stereocenters. The fraction of sp³-hybridized carbons (Fsp3) is 0.200. The molecule has 0 radical (unpaired) electrons. The standard InChI is InChI=1S/C15H17N3O3S/c1-12-4-6-14(7-5-12)22(20,21)18-11-15(19)17-10-13-3-2-8-16-9-13/h2-9,18H,10-11H2,1H3,(H,17,19). The molecule has 0 aliphatic rings. The van der Waals surface area contributed by atoms with Crippen LogP contribution in [0.4, 0.5) is 0 Å². The number of nitrogens with one attached hydrogen (secondary N) is 2. The first kappa shape index (κ1) is 16.1. The summed E-state index contributed by atoms with van der Waals surface area (Å²) in [6.45, 7) is 1.87. The van der Waals surface area contributed by atoms with Crippen LogP contribution < -0.4 is 10.0 Å². The molecule has 2 rings (SSSR count). The Morgan fingerprint density at radius 3 is 2.55 bits per heavy atom. The summed E-state index contributed by atoms with van der Waals surface area (Å²) in [5.74, 6) is -0.403. The first-order valence-electron chi connectivity index (χ1n) is 6.69. The van der Waals surface area contributed by atoms with Crippen molar-refractivity contribution < 1.29 is 13.2 Å². The lowest BCUT2D eigenvalue weighted by atomic mass is 10.2. The molecule has 22 heavy (non-hydrogen) atoms. The highest BCUT2D eigenvalue weighted by Crippen LogP contribution is 2.09. The zero-order valence-electron chi connectivity index (χ0n) is 12.1. The van der Waals surface area contributed by atoms with E-state index in [2.05, 4.69) is 15.0 Å². The molecular formula is C15H17N3O3S. The quantitative estimate of drug-likeness (QED) is 0.831. The first-order valence-corrected chi connectivity index (χ1v) is 8.17. The molecule has 0 aliphatic carbocycles. The van der Waals surface area contributed by atoms with E-state index in [0.717, 1.165) is 11.1 Å². The van der Waals surface area contributed by atoms with Gasteiger partial charge in [0.15, 0.2) is 0 Å². The second kappa shape index (κ2) is 7.15. The van der Waals surface area contributed by atoms with Gasteiger partial charge in [0.25, 0.3) is 0 Å². The van der Waals surface area contributed by atoms with E-state index in [1.807, 2.05) is 13.0 Å². The molecule has 116 valence electrons. The molecule has 1 heterocycles. The van der Waals surface area contributed by atoms with Crippen molar-refractivity contribution in [2.45, 2.75) is 18.4 Å². The Hall–Kier alpha value is -2.25. The summed E-state index contributed by atoms with van der Waals surface area (Å²) in [7, 11) is -3.68. The van der Waals surface area contributed by atoms with Crippen molar-refractivity contribution in [2.75, 3.05) is 6.54 Å². The summed E-state index contributed by atoms with van der Waals surface area (Å²) in [5, 5.41) is 2.63. The van der Waals surface area contributed by atoms with Gasteiger partial charge in [0.1, 0.15) is 0 Å². The van der Waals surface area contributed by atoms with E-state index >= 15 is 0 Å². The highest BCUT2D eigenvalue weighted by atomic mass is 32.2. The molecule has 1 amide bonds. The van der Waals surface area contributed by atoms with Crippen molar-refractivity contribution in [2.24, 2.45) is 0 Å². The van der Waals surface area contributed by atoms with Gasteiger partial charge in [-0.3, -0.25) is 9.78 Å². The SMILES string of the molecule is Cc1ccc(S(=O)(=O)NCC(=O)NCc2cccnc2)cc1. The number of aryl methyl sites for hydroxylation is 1. The van der Waals surface area contributed by atoms with Crippen LogP contribution in [0.25, 0.3) is 0 Å². The van der Waals surface area contributed by atoms with Crippen LogP contribution >= 0.6 is 0 Å². The summed E-state index contributed by atoms with van der Waals surface area (Å²) >= 11 is 0. The van der Waals surface area contributed by atoms with Crippen LogP contribution in [0.5, 0.6) is 0 Å². The van der Waals surface area contributed by atoms with E-state index in [0.29, 0.717) is 6.54 Å². The van der Waals surface area contributed by atoms with E-state index in [9.17, 15) is 13.2 Å². The number of rotatable bonds is 6. The molecule has 0 saturated carbocycles. The molecule has 2 N–H and O–H groups in total. The third-order valence-corrected chi connectivity index (χ3v) is 4.38. The second-order valence-corrected chi connectivity index (χ2v) is 6.54. The molecule has 0 spiro atoms. The van der Waals surface area contributed by atoms with Gasteiger partial charge < -0.3 is 5.32 Å². The lowest BCUT2D eigenvalue weighted by Gasteiger charge is -2.08. The van der Waals surface area contributed by atoms with Crippen molar-refractivity contribution in [3.05, 3.63) is 59.9 Å². The zero-order valence-corrected chi connectivity index (χ0v) is 12.9. The Morgan fingerprint density at radius 1 is 1.18 bits per heavy atom. The molecule has 0 aliphatic heterocycles. The van der Waals surface area contributed by atoms with E-state index < -0.39 is 15.9 Å². The molecule has 0 unspecified atom stereocenters. The van der Waals surface area contributed by atoms with Gasteiger partial charge in [0, 0.05) is 18.9 Å². The van der Waals surface area contributed by atoms with E-state index in [1.165, 1.54) is 12.1 Å². The smallest absolute Gasteiger partial charge is 0.241 e. The molecule has 7 heteroatoms. The minimum atomic E-state index is -3.68. The number of hydrogen-bond donors (Lipinski definition) is 2. The number of carbonyl (C=O) groups is 1. The minimum absolute atomic E-state index is 0.137. The van der Waals surface area contributed by atoms with Crippen LogP contribution in [0.2, 0.25) is 0 Å². The molecule has 0 bridgehead atoms. The number of aromatic nitrogens is 1. The van der Waals surface area contributed by atoms with Crippen LogP contribution in [0.3, 0.4) is 0 Å². The van der Waals surface area contributed by atoms with Gasteiger partial charge in [0.2, 0.25) is 15.9 Å². The van der Waals surface area contributed by atoms with Crippen molar-refractivity contribution >= 4 is 15.9 Å². The first-order chi connectivity index (χ1) is 10.5. The van der Waals surface area contributed by atoms with Gasteiger partial charge >= 0.3 is 0 Å². The number of amides is 1. The maximum absolute atomic E-state index is 12.0. The monoisotopic (exact) mass is 319 g/mol. The molecule has 1 aromatic carbocycles. The van der Waals surface area contributed by atoms with Gasteiger partial charge in [-0.1, -0.05) is 23.8 Å². The van der Waals surface area contributed by atoms with E-state index in [4.69, 9.17) is 0 Å². The average Bonchev–Trinajstić information content (AvgIpc) is 2.52. The molecule has 0 saturated heterocycles. The molecule has 2 aromatic rings. The summed E-state index contributed by atoms with van der Waals surface area (Å²) in [5.41, 5.74) is 1.81. The molecule has 1 aromatic heterocycles. The predicted octanol–water partition coefficient (Wildman–Crippen LogP) is 0.985. The van der Waals surface area contributed by atoms with Crippen LogP contribution in [0, 0.1) is 6.92 Å². The lowest BCUT2D eigenvalue weighted by molar-refractivity contribution is -0.120. The van der Waals surface area contributed by atoms with Crippen molar-refractivity contribution in [3.8, 4) is 0 Å². The normalized spacial score (nSPS) is 11.1. The number of carbonyl (C=O) groups excluding carboxylic acids is 1.